The van der Waals surface area contributed by atoms with Crippen molar-refractivity contribution in [1.82, 2.24) is 9.13 Å². The van der Waals surface area contributed by atoms with E-state index in [9.17, 15) is 0 Å². The second-order valence-electron chi connectivity index (χ2n) is 14.5. The maximum atomic E-state index is 5.36. The molecule has 0 atom stereocenters. The second kappa shape index (κ2) is 12.2. The molecule has 2 aromatic heterocycles. The van der Waals surface area contributed by atoms with Crippen LogP contribution in [0.25, 0.3) is 82.6 Å². The van der Waals surface area contributed by atoms with Crippen LogP contribution in [0.1, 0.15) is 29.2 Å². The van der Waals surface area contributed by atoms with E-state index in [1.807, 2.05) is 0 Å². The van der Waals surface area contributed by atoms with Crippen LogP contribution in [0.2, 0.25) is 0 Å². The highest BCUT2D eigenvalue weighted by Crippen LogP contribution is 2.44. The maximum Gasteiger partial charge on any atom is 0.0790 e. The predicted molar refractivity (Wildman–Crippen MR) is 234 cm³/mol. The average molecular weight is 702 g/mol. The van der Waals surface area contributed by atoms with E-state index in [1.165, 1.54) is 71.1 Å². The Morgan fingerprint density at radius 3 is 1.62 bits per heavy atom. The van der Waals surface area contributed by atoms with Crippen molar-refractivity contribution in [3.63, 3.8) is 0 Å². The van der Waals surface area contributed by atoms with E-state index in [1.54, 1.807) is 0 Å². The first-order valence-electron chi connectivity index (χ1n) is 18.8. The Balaban J connectivity index is 1.04. The molecule has 10 aromatic rings. The monoisotopic (exact) mass is 701 g/mol. The Hall–Kier alpha value is -7.23. The van der Waals surface area contributed by atoms with Gasteiger partial charge in [-0.05, 0) is 82.4 Å². The smallest absolute Gasteiger partial charge is 0.0790 e. The molecule has 0 bridgehead atoms. The summed E-state index contributed by atoms with van der Waals surface area (Å²) in [5, 5.41) is 7.51. The molecule has 0 amide bonds. The summed E-state index contributed by atoms with van der Waals surface area (Å²) in [5.41, 5.74) is 15.6. The largest absolute Gasteiger partial charge is 0.309 e. The number of aromatic nitrogens is 2. The summed E-state index contributed by atoms with van der Waals surface area (Å²) >= 11 is 0. The lowest BCUT2D eigenvalue weighted by Gasteiger charge is -2.14. The van der Waals surface area contributed by atoms with Crippen molar-refractivity contribution in [3.05, 3.63) is 211 Å². The van der Waals surface area contributed by atoms with Gasteiger partial charge in [0.15, 0.2) is 0 Å². The summed E-state index contributed by atoms with van der Waals surface area (Å²) in [5.74, 6) is 0. The molecule has 1 aliphatic rings. The normalized spacial score (nSPS) is 12.9. The van der Waals surface area contributed by atoms with Crippen molar-refractivity contribution >= 4 is 76.9 Å². The fourth-order valence-corrected chi connectivity index (χ4v) is 8.94. The third kappa shape index (κ3) is 4.73. The van der Waals surface area contributed by atoms with Crippen molar-refractivity contribution in [2.75, 3.05) is 0 Å². The Bertz CT molecular complexity index is 3200. The van der Waals surface area contributed by atoms with Gasteiger partial charge in [0.05, 0.1) is 33.5 Å². The zero-order valence-electron chi connectivity index (χ0n) is 30.4. The Labute approximate surface area is 319 Å². The maximum absolute atomic E-state index is 5.36. The molecule has 1 aliphatic carbocycles. The van der Waals surface area contributed by atoms with Crippen molar-refractivity contribution in [1.29, 1.82) is 0 Å². The molecule has 11 rings (SSSR count). The number of benzene rings is 8. The molecule has 0 unspecified atom stereocenters. The van der Waals surface area contributed by atoms with E-state index >= 15 is 0 Å². The Kier molecular flexibility index (Phi) is 6.92. The van der Waals surface area contributed by atoms with Crippen LogP contribution in [-0.4, -0.2) is 14.8 Å². The van der Waals surface area contributed by atoms with Gasteiger partial charge in [-0.1, -0.05) is 146 Å². The first-order valence-corrected chi connectivity index (χ1v) is 18.8. The number of hydrogen-bond donors (Lipinski definition) is 0. The second-order valence-corrected chi connectivity index (χ2v) is 14.5. The lowest BCUT2D eigenvalue weighted by atomic mass is 9.94. The van der Waals surface area contributed by atoms with E-state index in [0.29, 0.717) is 0 Å². The number of allylic oxidation sites excluding steroid dienone is 2. The lowest BCUT2D eigenvalue weighted by Crippen LogP contribution is -2.05. The average Bonchev–Trinajstić information content (AvgIpc) is 3.86. The molecule has 258 valence electrons. The van der Waals surface area contributed by atoms with Crippen molar-refractivity contribution in [3.8, 4) is 11.4 Å². The van der Waals surface area contributed by atoms with E-state index in [0.717, 1.165) is 39.4 Å². The van der Waals surface area contributed by atoms with Crippen LogP contribution in [0.3, 0.4) is 0 Å². The predicted octanol–water partition coefficient (Wildman–Crippen LogP) is 13.4. The van der Waals surface area contributed by atoms with Crippen molar-refractivity contribution in [2.45, 2.75) is 6.92 Å². The van der Waals surface area contributed by atoms with Gasteiger partial charge in [0, 0.05) is 44.1 Å². The highest BCUT2D eigenvalue weighted by Gasteiger charge is 2.26. The first-order chi connectivity index (χ1) is 27.1. The highest BCUT2D eigenvalue weighted by atomic mass is 15.0. The van der Waals surface area contributed by atoms with Gasteiger partial charge in [-0.3, -0.25) is 0 Å². The minimum absolute atomic E-state index is 0.727. The Morgan fingerprint density at radius 1 is 0.455 bits per heavy atom. The summed E-state index contributed by atoms with van der Waals surface area (Å²) in [6.45, 7) is 6.77. The van der Waals surface area contributed by atoms with Gasteiger partial charge in [-0.2, -0.15) is 0 Å². The summed E-state index contributed by atoms with van der Waals surface area (Å²) in [6, 6.07) is 65.3. The summed E-state index contributed by atoms with van der Waals surface area (Å²) in [4.78, 5) is 5.36. The molecular weight excluding hydrogens is 667 g/mol. The van der Waals surface area contributed by atoms with Crippen LogP contribution in [0.4, 0.5) is 0 Å². The van der Waals surface area contributed by atoms with Crippen LogP contribution >= 0.6 is 0 Å². The van der Waals surface area contributed by atoms with Crippen LogP contribution in [-0.2, 0) is 0 Å². The van der Waals surface area contributed by atoms with Gasteiger partial charge in [-0.15, -0.1) is 0 Å². The highest BCUT2D eigenvalue weighted by molar-refractivity contribution is 6.42. The fourth-order valence-electron chi connectivity index (χ4n) is 8.94. The zero-order chi connectivity index (χ0) is 36.6. The molecule has 0 saturated heterocycles. The molecule has 0 aliphatic heterocycles. The van der Waals surface area contributed by atoms with E-state index in [4.69, 9.17) is 4.99 Å². The molecule has 8 aromatic carbocycles. The third-order valence-electron chi connectivity index (χ3n) is 11.4. The molecule has 0 fully saturated rings. The number of fused-ring (bicyclic) bond motifs is 6. The van der Waals surface area contributed by atoms with E-state index < -0.39 is 0 Å². The van der Waals surface area contributed by atoms with Crippen molar-refractivity contribution in [2.24, 2.45) is 4.99 Å². The van der Waals surface area contributed by atoms with Gasteiger partial charge < -0.3 is 9.13 Å². The zero-order valence-corrected chi connectivity index (χ0v) is 30.4. The molecule has 3 nitrogen and oxygen atoms in total. The molecular formula is C52H35N3. The van der Waals surface area contributed by atoms with Gasteiger partial charge in [-0.25, -0.2) is 4.99 Å². The fraction of sp³-hybridized carbons (Fsp3) is 0.0192. The standard InChI is InChI=1S/C52H35N3/c1-33-40-21-12-16-36-17-13-22-45(51(36)40)50(33)52(37-14-4-3-5-15-37)53-34(2)35-26-28-38(29-27-35)54-46-23-9-8-20-43(46)44-31-30-39(32-49(44)54)55-47-24-10-6-18-41(47)42-19-7-11-25-48(42)55/h3-32H,2H2,1H3. The molecule has 0 spiro atoms. The third-order valence-corrected chi connectivity index (χ3v) is 11.4. The summed E-state index contributed by atoms with van der Waals surface area (Å²) in [7, 11) is 0. The summed E-state index contributed by atoms with van der Waals surface area (Å²) in [6.07, 6.45) is 0. The SMILES string of the molecule is C=C(N=C(C1=C(C)c2cccc3cccc1c23)c1ccccc1)c1ccc(-n2c3ccccc3c3ccc(-n4c5ccccc5c5ccccc54)cc32)cc1. The molecule has 2 heterocycles. The molecule has 0 radical (unpaired) electrons. The van der Waals surface area contributed by atoms with Crippen LogP contribution in [0, 0.1) is 0 Å². The molecule has 3 heteroatoms. The number of para-hydroxylation sites is 3. The molecule has 0 saturated carbocycles. The minimum atomic E-state index is 0.727. The van der Waals surface area contributed by atoms with Gasteiger partial charge in [0.1, 0.15) is 0 Å². The minimum Gasteiger partial charge on any atom is -0.309 e. The topological polar surface area (TPSA) is 22.2 Å². The molecule has 0 N–H and O–H groups in total. The molecule has 55 heavy (non-hydrogen) atoms. The van der Waals surface area contributed by atoms with Gasteiger partial charge in [0.25, 0.3) is 0 Å². The van der Waals surface area contributed by atoms with Crippen molar-refractivity contribution < 1.29 is 0 Å². The number of nitrogens with zero attached hydrogens (tertiary/aromatic N) is 3. The first kappa shape index (κ1) is 31.3. The van der Waals surface area contributed by atoms with Gasteiger partial charge >= 0.3 is 0 Å². The summed E-state index contributed by atoms with van der Waals surface area (Å²) < 4.78 is 4.78. The van der Waals surface area contributed by atoms with Crippen LogP contribution in [0.15, 0.2) is 194 Å². The number of aliphatic imine (C=N–C) groups is 1. The van der Waals surface area contributed by atoms with E-state index in [-0.39, 0.29) is 0 Å². The van der Waals surface area contributed by atoms with Crippen LogP contribution < -0.4 is 0 Å². The number of hydrogen-bond acceptors (Lipinski definition) is 1. The quantitative estimate of drug-likeness (QED) is 0.154. The number of rotatable bonds is 6. The Morgan fingerprint density at radius 2 is 0.982 bits per heavy atom. The van der Waals surface area contributed by atoms with Crippen LogP contribution in [0.5, 0.6) is 0 Å². The van der Waals surface area contributed by atoms with Gasteiger partial charge in [0.2, 0.25) is 0 Å². The lowest BCUT2D eigenvalue weighted by molar-refractivity contribution is 1.15. The van der Waals surface area contributed by atoms with E-state index in [2.05, 4.69) is 205 Å².